The number of carboxylic acid groups (broad SMARTS) is 1. The molecular weight excluding hydrogens is 267 g/mol. The van der Waals surface area contributed by atoms with Gasteiger partial charge in [-0.1, -0.05) is 29.8 Å². The van der Waals surface area contributed by atoms with Gasteiger partial charge in [-0.15, -0.1) is 0 Å². The average molecular weight is 280 g/mol. The van der Waals surface area contributed by atoms with Gasteiger partial charge < -0.3 is 15.2 Å². The van der Waals surface area contributed by atoms with Crippen LogP contribution in [0, 0.1) is 6.92 Å². The van der Waals surface area contributed by atoms with Crippen molar-refractivity contribution in [1.29, 1.82) is 0 Å². The standard InChI is InChI=1S/C14H14N2O2.K/c1-10-5-6-12(14(17)18)11(8-10)9-16-13-4-2-3-7-15-13;/h2-8H,9H2,1H3,(H,15,16)(H,17,18);/q;+1/p-1. The minimum atomic E-state index is -1.16. The van der Waals surface area contributed by atoms with Crippen LogP contribution in [0.4, 0.5) is 5.82 Å². The first-order chi connectivity index (χ1) is 8.66. The molecule has 19 heavy (non-hydrogen) atoms. The second kappa shape index (κ2) is 7.77. The number of pyridine rings is 1. The number of nitrogens with zero attached hydrogens (tertiary/aromatic N) is 1. The van der Waals surface area contributed by atoms with E-state index in [2.05, 4.69) is 10.3 Å². The predicted octanol–water partition coefficient (Wildman–Crippen LogP) is -1.63. The molecule has 1 aromatic carbocycles. The topological polar surface area (TPSA) is 65.0 Å². The van der Waals surface area contributed by atoms with Gasteiger partial charge in [-0.25, -0.2) is 4.98 Å². The molecule has 0 saturated heterocycles. The SMILES string of the molecule is Cc1ccc(C(=O)[O-])c(CNc2ccccn2)c1.[K+]. The smallest absolute Gasteiger partial charge is 0.545 e. The van der Waals surface area contributed by atoms with E-state index in [1.807, 2.05) is 31.2 Å². The fourth-order valence-electron chi connectivity index (χ4n) is 1.72. The maximum atomic E-state index is 11.0. The van der Waals surface area contributed by atoms with E-state index in [0.717, 1.165) is 5.56 Å². The quantitative estimate of drug-likeness (QED) is 0.683. The molecule has 0 bridgehead atoms. The van der Waals surface area contributed by atoms with E-state index in [9.17, 15) is 9.90 Å². The van der Waals surface area contributed by atoms with Gasteiger partial charge in [0.15, 0.2) is 0 Å². The van der Waals surface area contributed by atoms with Crippen LogP contribution in [-0.2, 0) is 6.54 Å². The van der Waals surface area contributed by atoms with Crippen molar-refractivity contribution in [2.45, 2.75) is 13.5 Å². The van der Waals surface area contributed by atoms with Crippen molar-refractivity contribution < 1.29 is 61.3 Å². The van der Waals surface area contributed by atoms with Crippen molar-refractivity contribution in [2.75, 3.05) is 5.32 Å². The number of aryl methyl sites for hydroxylation is 1. The molecule has 0 aliphatic heterocycles. The van der Waals surface area contributed by atoms with Crippen molar-refractivity contribution in [3.8, 4) is 0 Å². The summed E-state index contributed by atoms with van der Waals surface area (Å²) in [6, 6.07) is 10.7. The molecule has 0 spiro atoms. The van der Waals surface area contributed by atoms with Crippen molar-refractivity contribution in [1.82, 2.24) is 4.98 Å². The Kier molecular flexibility index (Phi) is 6.68. The maximum Gasteiger partial charge on any atom is 1.00 e. The average Bonchev–Trinajstić information content (AvgIpc) is 2.37. The number of anilines is 1. The number of carbonyl (C=O) groups is 1. The van der Waals surface area contributed by atoms with Crippen LogP contribution < -0.4 is 61.8 Å². The largest absolute Gasteiger partial charge is 1.00 e. The first-order valence-electron chi connectivity index (χ1n) is 5.62. The molecule has 0 aliphatic carbocycles. The number of aromatic nitrogens is 1. The van der Waals surface area contributed by atoms with Crippen LogP contribution in [0.15, 0.2) is 42.6 Å². The Labute approximate surface area is 154 Å². The zero-order valence-corrected chi connectivity index (χ0v) is 14.1. The van der Waals surface area contributed by atoms with Crippen LogP contribution in [0.25, 0.3) is 0 Å². The summed E-state index contributed by atoms with van der Waals surface area (Å²) in [5.41, 5.74) is 1.92. The Morgan fingerprint density at radius 1 is 1.32 bits per heavy atom. The van der Waals surface area contributed by atoms with Gasteiger partial charge in [0.1, 0.15) is 5.82 Å². The summed E-state index contributed by atoms with van der Waals surface area (Å²) >= 11 is 0. The molecule has 92 valence electrons. The summed E-state index contributed by atoms with van der Waals surface area (Å²) in [5, 5.41) is 14.1. The number of carbonyl (C=O) groups excluding carboxylic acids is 1. The molecule has 2 aromatic rings. The summed E-state index contributed by atoms with van der Waals surface area (Å²) in [5.74, 6) is -0.448. The van der Waals surface area contributed by atoms with Crippen LogP contribution in [-0.4, -0.2) is 11.0 Å². The minimum Gasteiger partial charge on any atom is -0.545 e. The van der Waals surface area contributed by atoms with Crippen molar-refractivity contribution in [3.63, 3.8) is 0 Å². The van der Waals surface area contributed by atoms with Crippen LogP contribution >= 0.6 is 0 Å². The number of nitrogens with one attached hydrogen (secondary N) is 1. The molecular formula is C14H13KN2O2. The van der Waals surface area contributed by atoms with Gasteiger partial charge in [-0.05, 0) is 24.6 Å². The first-order valence-corrected chi connectivity index (χ1v) is 5.62. The molecule has 0 radical (unpaired) electrons. The molecule has 1 heterocycles. The summed E-state index contributed by atoms with van der Waals surface area (Å²) in [6.07, 6.45) is 1.68. The van der Waals surface area contributed by atoms with Gasteiger partial charge in [0.25, 0.3) is 0 Å². The van der Waals surface area contributed by atoms with Gasteiger partial charge in [-0.3, -0.25) is 0 Å². The van der Waals surface area contributed by atoms with Crippen LogP contribution in [0.5, 0.6) is 0 Å². The molecule has 1 aromatic heterocycles. The molecule has 5 heteroatoms. The van der Waals surface area contributed by atoms with Gasteiger partial charge in [0, 0.05) is 18.3 Å². The Morgan fingerprint density at radius 3 is 2.74 bits per heavy atom. The number of rotatable bonds is 4. The number of aromatic carboxylic acids is 1. The normalized spacial score (nSPS) is 9.53. The first kappa shape index (κ1) is 16.3. The van der Waals surface area contributed by atoms with Gasteiger partial charge in [-0.2, -0.15) is 0 Å². The molecule has 4 nitrogen and oxygen atoms in total. The maximum absolute atomic E-state index is 11.0. The van der Waals surface area contributed by atoms with Crippen molar-refractivity contribution in [3.05, 3.63) is 59.3 Å². The Balaban J connectivity index is 0.00000180. The second-order valence-corrected chi connectivity index (χ2v) is 4.02. The summed E-state index contributed by atoms with van der Waals surface area (Å²) in [7, 11) is 0. The van der Waals surface area contributed by atoms with Crippen LogP contribution in [0.1, 0.15) is 21.5 Å². The molecule has 0 fully saturated rings. The van der Waals surface area contributed by atoms with E-state index in [0.29, 0.717) is 17.9 Å². The van der Waals surface area contributed by atoms with E-state index in [-0.39, 0.29) is 56.9 Å². The monoisotopic (exact) mass is 280 g/mol. The third-order valence-corrected chi connectivity index (χ3v) is 2.61. The minimum absolute atomic E-state index is 0. The molecule has 2 rings (SSSR count). The molecule has 1 N–H and O–H groups in total. The van der Waals surface area contributed by atoms with E-state index in [4.69, 9.17) is 0 Å². The number of benzene rings is 1. The molecule has 0 saturated carbocycles. The number of hydrogen-bond donors (Lipinski definition) is 1. The van der Waals surface area contributed by atoms with Gasteiger partial charge in [0.2, 0.25) is 0 Å². The van der Waals surface area contributed by atoms with E-state index >= 15 is 0 Å². The predicted molar refractivity (Wildman–Crippen MR) is 67.1 cm³/mol. The van der Waals surface area contributed by atoms with Gasteiger partial charge in [0.05, 0.1) is 5.97 Å². The fraction of sp³-hybridized carbons (Fsp3) is 0.143. The van der Waals surface area contributed by atoms with Crippen molar-refractivity contribution in [2.24, 2.45) is 0 Å². The third kappa shape index (κ3) is 4.70. The van der Waals surface area contributed by atoms with Crippen LogP contribution in [0.3, 0.4) is 0 Å². The van der Waals surface area contributed by atoms with Crippen molar-refractivity contribution >= 4 is 11.8 Å². The second-order valence-electron chi connectivity index (χ2n) is 4.02. The Bertz CT molecular complexity index is 559. The molecule has 0 unspecified atom stereocenters. The zero-order chi connectivity index (χ0) is 13.0. The molecule has 0 aliphatic rings. The summed E-state index contributed by atoms with van der Waals surface area (Å²) in [4.78, 5) is 15.1. The molecule has 0 amide bonds. The van der Waals surface area contributed by atoms with E-state index in [1.165, 1.54) is 0 Å². The Morgan fingerprint density at radius 2 is 2.11 bits per heavy atom. The third-order valence-electron chi connectivity index (χ3n) is 2.61. The molecule has 0 atom stereocenters. The number of hydrogen-bond acceptors (Lipinski definition) is 4. The summed E-state index contributed by atoms with van der Waals surface area (Å²) in [6.45, 7) is 2.32. The zero-order valence-electron chi connectivity index (χ0n) is 11.0. The van der Waals surface area contributed by atoms with Gasteiger partial charge >= 0.3 is 51.4 Å². The summed E-state index contributed by atoms with van der Waals surface area (Å²) < 4.78 is 0. The fourth-order valence-corrected chi connectivity index (χ4v) is 1.72. The van der Waals surface area contributed by atoms with E-state index in [1.54, 1.807) is 18.3 Å². The number of carboxylic acids is 1. The van der Waals surface area contributed by atoms with E-state index < -0.39 is 5.97 Å². The van der Waals surface area contributed by atoms with Crippen LogP contribution in [0.2, 0.25) is 0 Å². The Hall–Kier alpha value is -0.724.